The van der Waals surface area contributed by atoms with Crippen LogP contribution in [0.15, 0.2) is 24.5 Å². The normalized spacial score (nSPS) is 11.8. The van der Waals surface area contributed by atoms with Crippen molar-refractivity contribution in [2.24, 2.45) is 5.73 Å². The number of halogens is 1. The molecule has 0 radical (unpaired) electrons. The first kappa shape index (κ1) is 22.4. The van der Waals surface area contributed by atoms with Gasteiger partial charge in [-0.25, -0.2) is 19.2 Å². The van der Waals surface area contributed by atoms with Crippen molar-refractivity contribution in [2.45, 2.75) is 20.0 Å². The molecule has 0 aliphatic heterocycles. The van der Waals surface area contributed by atoms with E-state index in [1.165, 1.54) is 49.9 Å². The number of fused-ring (bicyclic) bond motifs is 1. The lowest BCUT2D eigenvalue weighted by atomic mass is 10.2. The molecule has 0 spiro atoms. The SMILES string of the molecule is COC(=O)c1sc2ncnc(Nc3ccc(F)cc3OC(CN)CNC(C)=O)c2c1C. The molecule has 2 heterocycles. The number of esters is 1. The number of benzene rings is 1. The molecule has 0 saturated carbocycles. The Kier molecular flexibility index (Phi) is 6.98. The Morgan fingerprint density at radius 1 is 1.32 bits per heavy atom. The molecule has 9 nitrogen and oxygen atoms in total. The summed E-state index contributed by atoms with van der Waals surface area (Å²) < 4.78 is 24.6. The molecule has 31 heavy (non-hydrogen) atoms. The molecule has 164 valence electrons. The number of carbonyl (C=O) groups excluding carboxylic acids is 2. The summed E-state index contributed by atoms with van der Waals surface area (Å²) in [7, 11) is 1.31. The van der Waals surface area contributed by atoms with Crippen molar-refractivity contribution < 1.29 is 23.5 Å². The highest BCUT2D eigenvalue weighted by Crippen LogP contribution is 2.36. The summed E-state index contributed by atoms with van der Waals surface area (Å²) in [4.78, 5) is 32.8. The Bertz CT molecular complexity index is 1120. The first-order valence-electron chi connectivity index (χ1n) is 9.34. The molecule has 1 aromatic carbocycles. The van der Waals surface area contributed by atoms with E-state index in [-0.39, 0.29) is 24.7 Å². The summed E-state index contributed by atoms with van der Waals surface area (Å²) in [5, 5.41) is 6.41. The van der Waals surface area contributed by atoms with Gasteiger partial charge in [-0.05, 0) is 24.6 Å². The Morgan fingerprint density at radius 2 is 2.10 bits per heavy atom. The zero-order valence-corrected chi connectivity index (χ0v) is 18.0. The number of thiophene rings is 1. The highest BCUT2D eigenvalue weighted by Gasteiger charge is 2.21. The van der Waals surface area contributed by atoms with Crippen molar-refractivity contribution in [1.82, 2.24) is 15.3 Å². The summed E-state index contributed by atoms with van der Waals surface area (Å²) in [5.74, 6) is -0.549. The Hall–Kier alpha value is -3.31. The summed E-state index contributed by atoms with van der Waals surface area (Å²) in [6.45, 7) is 3.44. The molecule has 1 unspecified atom stereocenters. The maximum atomic E-state index is 13.9. The molecule has 0 bridgehead atoms. The number of nitrogens with zero attached hydrogens (tertiary/aromatic N) is 2. The summed E-state index contributed by atoms with van der Waals surface area (Å²) >= 11 is 1.20. The number of nitrogens with one attached hydrogen (secondary N) is 2. The number of anilines is 2. The number of amides is 1. The van der Waals surface area contributed by atoms with Crippen molar-refractivity contribution in [3.05, 3.63) is 40.8 Å². The monoisotopic (exact) mass is 447 g/mol. The molecular formula is C20H22FN5O4S. The maximum Gasteiger partial charge on any atom is 0.348 e. The number of carbonyl (C=O) groups is 2. The maximum absolute atomic E-state index is 13.9. The van der Waals surface area contributed by atoms with Crippen molar-refractivity contribution >= 4 is 44.9 Å². The predicted octanol–water partition coefficient (Wildman–Crippen LogP) is 2.51. The number of aryl methyl sites for hydroxylation is 1. The second-order valence-corrected chi connectivity index (χ2v) is 7.63. The van der Waals surface area contributed by atoms with E-state index < -0.39 is 17.9 Å². The second-order valence-electron chi connectivity index (χ2n) is 6.63. The van der Waals surface area contributed by atoms with Crippen molar-refractivity contribution in [2.75, 3.05) is 25.5 Å². The number of rotatable bonds is 8. The van der Waals surface area contributed by atoms with Crippen LogP contribution in [0.1, 0.15) is 22.2 Å². The van der Waals surface area contributed by atoms with E-state index in [4.69, 9.17) is 15.2 Å². The standard InChI is InChI=1S/C20H22FN5O4S/c1-10-16-18(24-9-25-19(16)31-17(10)20(28)29-3)26-14-5-4-12(21)6-15(14)30-13(7-22)8-23-11(2)27/h4-6,9,13H,7-8,22H2,1-3H3,(H,23,27)(H,24,25,26). The number of methoxy groups -OCH3 is 1. The van der Waals surface area contributed by atoms with Gasteiger partial charge in [0.1, 0.15) is 39.5 Å². The number of hydrogen-bond donors (Lipinski definition) is 3. The molecule has 0 aliphatic carbocycles. The third-order valence-electron chi connectivity index (χ3n) is 4.43. The summed E-state index contributed by atoms with van der Waals surface area (Å²) in [6.07, 6.45) is 0.802. The van der Waals surface area contributed by atoms with Gasteiger partial charge in [0, 0.05) is 19.5 Å². The largest absolute Gasteiger partial charge is 0.485 e. The van der Waals surface area contributed by atoms with Gasteiger partial charge in [0.05, 0.1) is 24.7 Å². The Balaban J connectivity index is 1.96. The van der Waals surface area contributed by atoms with Crippen molar-refractivity contribution in [1.29, 1.82) is 0 Å². The molecule has 0 fully saturated rings. The molecule has 4 N–H and O–H groups in total. The van der Waals surface area contributed by atoms with Crippen LogP contribution >= 0.6 is 11.3 Å². The smallest absolute Gasteiger partial charge is 0.348 e. The average Bonchev–Trinajstić information content (AvgIpc) is 3.09. The lowest BCUT2D eigenvalue weighted by Gasteiger charge is -2.20. The zero-order valence-electron chi connectivity index (χ0n) is 17.2. The van der Waals surface area contributed by atoms with Gasteiger partial charge >= 0.3 is 5.97 Å². The third kappa shape index (κ3) is 5.06. The number of aromatic nitrogens is 2. The van der Waals surface area contributed by atoms with Gasteiger partial charge < -0.3 is 25.8 Å². The van der Waals surface area contributed by atoms with E-state index in [0.717, 1.165) is 0 Å². The van der Waals surface area contributed by atoms with E-state index in [1.807, 2.05) is 0 Å². The highest BCUT2D eigenvalue weighted by molar-refractivity contribution is 7.20. The minimum absolute atomic E-state index is 0.111. The van der Waals surface area contributed by atoms with E-state index in [2.05, 4.69) is 20.6 Å². The van der Waals surface area contributed by atoms with Crippen LogP contribution in [0.2, 0.25) is 0 Å². The first-order chi connectivity index (χ1) is 14.8. The van der Waals surface area contributed by atoms with Gasteiger partial charge in [-0.15, -0.1) is 11.3 Å². The molecule has 0 saturated heterocycles. The van der Waals surface area contributed by atoms with E-state index in [0.29, 0.717) is 32.2 Å². The minimum Gasteiger partial charge on any atom is -0.485 e. The fourth-order valence-electron chi connectivity index (χ4n) is 2.89. The quantitative estimate of drug-likeness (QED) is 0.449. The van der Waals surface area contributed by atoms with Gasteiger partial charge in [-0.3, -0.25) is 4.79 Å². The van der Waals surface area contributed by atoms with E-state index in [1.54, 1.807) is 6.92 Å². The number of nitrogens with two attached hydrogens (primary N) is 1. The second kappa shape index (κ2) is 9.67. The van der Waals surface area contributed by atoms with Crippen LogP contribution in [0.4, 0.5) is 15.9 Å². The van der Waals surface area contributed by atoms with Gasteiger partial charge in [-0.2, -0.15) is 0 Å². The van der Waals surface area contributed by atoms with Gasteiger partial charge in [0.2, 0.25) is 5.91 Å². The minimum atomic E-state index is -0.564. The molecule has 11 heteroatoms. The number of ether oxygens (including phenoxy) is 2. The van der Waals surface area contributed by atoms with E-state index in [9.17, 15) is 14.0 Å². The fraction of sp³-hybridized carbons (Fsp3) is 0.300. The summed E-state index contributed by atoms with van der Waals surface area (Å²) in [6, 6.07) is 4.00. The lowest BCUT2D eigenvalue weighted by molar-refractivity contribution is -0.119. The topological polar surface area (TPSA) is 128 Å². The van der Waals surface area contributed by atoms with Crippen LogP contribution < -0.4 is 21.1 Å². The summed E-state index contributed by atoms with van der Waals surface area (Å²) in [5.41, 5.74) is 6.84. The Morgan fingerprint density at radius 3 is 2.77 bits per heavy atom. The fourth-order valence-corrected chi connectivity index (χ4v) is 3.96. The van der Waals surface area contributed by atoms with Crippen LogP contribution in [-0.2, 0) is 9.53 Å². The highest BCUT2D eigenvalue weighted by atomic mass is 32.1. The number of hydrogen-bond acceptors (Lipinski definition) is 9. The molecule has 1 amide bonds. The molecular weight excluding hydrogens is 425 g/mol. The molecule has 3 aromatic rings. The van der Waals surface area contributed by atoms with Crippen molar-refractivity contribution in [3.63, 3.8) is 0 Å². The molecule has 0 aliphatic rings. The average molecular weight is 447 g/mol. The molecule has 1 atom stereocenters. The molecule has 2 aromatic heterocycles. The Labute approximate surface area is 181 Å². The van der Waals surface area contributed by atoms with Gasteiger partial charge in [-0.1, -0.05) is 0 Å². The van der Waals surface area contributed by atoms with Gasteiger partial charge in [0.25, 0.3) is 0 Å². The van der Waals surface area contributed by atoms with Crippen molar-refractivity contribution in [3.8, 4) is 5.75 Å². The zero-order chi connectivity index (χ0) is 22.5. The van der Waals surface area contributed by atoms with Crippen LogP contribution in [0.5, 0.6) is 5.75 Å². The van der Waals surface area contributed by atoms with Gasteiger partial charge in [0.15, 0.2) is 0 Å². The van der Waals surface area contributed by atoms with Crippen LogP contribution in [-0.4, -0.2) is 48.1 Å². The first-order valence-corrected chi connectivity index (χ1v) is 10.2. The van der Waals surface area contributed by atoms with Crippen LogP contribution in [0.25, 0.3) is 10.2 Å². The van der Waals surface area contributed by atoms with E-state index >= 15 is 0 Å². The molecule has 3 rings (SSSR count). The van der Waals surface area contributed by atoms with Crippen LogP contribution in [0, 0.1) is 12.7 Å². The third-order valence-corrected chi connectivity index (χ3v) is 5.61. The van der Waals surface area contributed by atoms with Crippen LogP contribution in [0.3, 0.4) is 0 Å². The lowest BCUT2D eigenvalue weighted by Crippen LogP contribution is -2.39. The predicted molar refractivity (Wildman–Crippen MR) is 115 cm³/mol.